The van der Waals surface area contributed by atoms with E-state index in [9.17, 15) is 32.7 Å². The maximum absolute atomic E-state index is 13.2. The highest BCUT2D eigenvalue weighted by Crippen LogP contribution is 2.47. The molecular weight excluding hydrogens is 560 g/mol. The molecule has 1 saturated heterocycles. The van der Waals surface area contributed by atoms with Crippen LogP contribution >= 0.6 is 0 Å². The van der Waals surface area contributed by atoms with Crippen LogP contribution < -0.4 is 16.0 Å². The fourth-order valence-electron chi connectivity index (χ4n) is 6.44. The lowest BCUT2D eigenvalue weighted by molar-refractivity contribution is -0.145. The predicted molar refractivity (Wildman–Crippen MR) is 161 cm³/mol. The fourth-order valence-corrected chi connectivity index (χ4v) is 7.96. The molecule has 0 radical (unpaired) electrons. The lowest BCUT2D eigenvalue weighted by Crippen LogP contribution is -2.59. The number of unbranched alkanes of at least 4 members (excludes halogenated alkanes) is 4. The van der Waals surface area contributed by atoms with Crippen molar-refractivity contribution in [2.75, 3.05) is 18.8 Å². The first-order valence-corrected chi connectivity index (χ1v) is 17.4. The van der Waals surface area contributed by atoms with Gasteiger partial charge >= 0.3 is 12.0 Å². The summed E-state index contributed by atoms with van der Waals surface area (Å²) >= 11 is 0. The second-order valence-electron chi connectivity index (χ2n) is 13.6. The second kappa shape index (κ2) is 13.9. The molecule has 1 unspecified atom stereocenters. The van der Waals surface area contributed by atoms with Gasteiger partial charge in [-0.25, -0.2) is 18.0 Å². The first kappa shape index (κ1) is 34.1. The van der Waals surface area contributed by atoms with E-state index in [-0.39, 0.29) is 18.2 Å². The summed E-state index contributed by atoms with van der Waals surface area (Å²) in [5.41, 5.74) is -2.16. The van der Waals surface area contributed by atoms with E-state index in [0.717, 1.165) is 57.8 Å². The van der Waals surface area contributed by atoms with Gasteiger partial charge in [-0.3, -0.25) is 9.59 Å². The van der Waals surface area contributed by atoms with Gasteiger partial charge in [-0.15, -0.1) is 0 Å². The molecule has 4 N–H and O–H groups in total. The van der Waals surface area contributed by atoms with Crippen LogP contribution in [0, 0.1) is 5.92 Å². The van der Waals surface area contributed by atoms with Crippen LogP contribution in [-0.4, -0.2) is 82.9 Å². The molecule has 3 fully saturated rings. The maximum Gasteiger partial charge on any atom is 0.329 e. The molecule has 240 valence electrons. The number of hydrogen-bond acceptors (Lipinski definition) is 6. The first-order chi connectivity index (χ1) is 19.7. The summed E-state index contributed by atoms with van der Waals surface area (Å²) in [5.74, 6) is -2.20. The predicted octanol–water partition coefficient (Wildman–Crippen LogP) is 3.51. The van der Waals surface area contributed by atoms with E-state index in [1.165, 1.54) is 4.90 Å². The Morgan fingerprint density at radius 1 is 0.952 bits per heavy atom. The third kappa shape index (κ3) is 8.38. The Morgan fingerprint density at radius 2 is 1.62 bits per heavy atom. The molecule has 42 heavy (non-hydrogen) atoms. The standard InChI is InChI=1S/C30H52N4O7S/c1-5-6-7-8-10-14-22-19-30(22,26(37)38)32-25(36)23-15-13-18-34(23)24(35)20-31-27(39)33-29(16-11-9-12-17-29)21-42(40,41)28(2,3)4/h22-23H,5-21H2,1-4H3,(H,32,36)(H,37,38)(H2,31,33,39)/t22?,23-,30+/m0/s1. The molecule has 3 atom stereocenters. The van der Waals surface area contributed by atoms with Gasteiger partial charge in [-0.1, -0.05) is 58.3 Å². The van der Waals surface area contributed by atoms with Crippen LogP contribution in [0.15, 0.2) is 0 Å². The number of aliphatic carboxylic acids is 1. The van der Waals surface area contributed by atoms with Crippen molar-refractivity contribution in [1.82, 2.24) is 20.9 Å². The van der Waals surface area contributed by atoms with Crippen molar-refractivity contribution in [2.24, 2.45) is 5.92 Å². The van der Waals surface area contributed by atoms with E-state index in [1.54, 1.807) is 20.8 Å². The van der Waals surface area contributed by atoms with Gasteiger partial charge < -0.3 is 26.0 Å². The summed E-state index contributed by atoms with van der Waals surface area (Å²) in [6.07, 6.45) is 11.3. The summed E-state index contributed by atoms with van der Waals surface area (Å²) in [7, 11) is -3.50. The van der Waals surface area contributed by atoms with Gasteiger partial charge in [0.25, 0.3) is 0 Å². The number of amides is 4. The quantitative estimate of drug-likeness (QED) is 0.218. The van der Waals surface area contributed by atoms with Crippen LogP contribution in [0.1, 0.15) is 118 Å². The highest BCUT2D eigenvalue weighted by molar-refractivity contribution is 7.92. The number of likely N-dealkylation sites (tertiary alicyclic amines) is 1. The molecule has 3 aliphatic rings. The Hall–Kier alpha value is -2.37. The molecule has 0 spiro atoms. The minimum Gasteiger partial charge on any atom is -0.479 e. The number of carbonyl (C=O) groups excluding carboxylic acids is 3. The van der Waals surface area contributed by atoms with Crippen LogP contribution in [0.3, 0.4) is 0 Å². The molecule has 3 rings (SSSR count). The lowest BCUT2D eigenvalue weighted by atomic mass is 9.83. The Morgan fingerprint density at radius 3 is 2.24 bits per heavy atom. The highest BCUT2D eigenvalue weighted by atomic mass is 32.2. The minimum absolute atomic E-state index is 0.106. The molecule has 4 amide bonds. The van der Waals surface area contributed by atoms with Gasteiger partial charge in [0, 0.05) is 6.54 Å². The Balaban J connectivity index is 1.54. The number of nitrogens with zero attached hydrogens (tertiary/aromatic N) is 1. The van der Waals surface area contributed by atoms with Crippen LogP contribution in [0.2, 0.25) is 0 Å². The van der Waals surface area contributed by atoms with Crippen molar-refractivity contribution in [3.05, 3.63) is 0 Å². The van der Waals surface area contributed by atoms with Crippen molar-refractivity contribution in [2.45, 2.75) is 139 Å². The zero-order valence-electron chi connectivity index (χ0n) is 25.9. The zero-order chi connectivity index (χ0) is 31.2. The SMILES string of the molecule is CCCCCCCC1C[C@]1(NC(=O)[C@@H]1CCCN1C(=O)CNC(=O)NC1(CS(=O)(=O)C(C)(C)C)CCCCC1)C(=O)O. The monoisotopic (exact) mass is 612 g/mol. The summed E-state index contributed by atoms with van der Waals surface area (Å²) in [5, 5.41) is 18.1. The van der Waals surface area contributed by atoms with Crippen molar-refractivity contribution >= 4 is 33.7 Å². The first-order valence-electron chi connectivity index (χ1n) is 15.8. The molecule has 0 aromatic heterocycles. The summed E-state index contributed by atoms with van der Waals surface area (Å²) in [6, 6.07) is -1.40. The summed E-state index contributed by atoms with van der Waals surface area (Å²) in [6.45, 7) is 7.09. The molecule has 12 heteroatoms. The third-order valence-corrected chi connectivity index (χ3v) is 12.2. The second-order valence-corrected chi connectivity index (χ2v) is 16.4. The maximum atomic E-state index is 13.2. The Labute approximate surface area is 251 Å². The van der Waals surface area contributed by atoms with Crippen LogP contribution in [0.25, 0.3) is 0 Å². The number of nitrogens with one attached hydrogen (secondary N) is 3. The molecule has 1 heterocycles. The average molecular weight is 613 g/mol. The van der Waals surface area contributed by atoms with Gasteiger partial charge in [-0.2, -0.15) is 0 Å². The van der Waals surface area contributed by atoms with Crippen molar-refractivity contribution < 1.29 is 32.7 Å². The molecule has 0 aromatic carbocycles. The van der Waals surface area contributed by atoms with Crippen LogP contribution in [0.5, 0.6) is 0 Å². The fraction of sp³-hybridized carbons (Fsp3) is 0.867. The van der Waals surface area contributed by atoms with Gasteiger partial charge in [0.2, 0.25) is 11.8 Å². The van der Waals surface area contributed by atoms with Gasteiger partial charge in [0.05, 0.1) is 22.6 Å². The zero-order valence-corrected chi connectivity index (χ0v) is 26.7. The number of carboxylic acids is 1. The Kier molecular flexibility index (Phi) is 11.3. The van der Waals surface area contributed by atoms with E-state index in [1.807, 2.05) is 0 Å². The van der Waals surface area contributed by atoms with E-state index >= 15 is 0 Å². The molecule has 0 aromatic rings. The van der Waals surface area contributed by atoms with Crippen molar-refractivity contribution in [3.8, 4) is 0 Å². The molecular formula is C30H52N4O7S. The topological polar surface area (TPSA) is 162 Å². The third-order valence-electron chi connectivity index (χ3n) is 9.35. The number of urea groups is 1. The van der Waals surface area contributed by atoms with E-state index in [0.29, 0.717) is 38.6 Å². The number of sulfone groups is 1. The smallest absolute Gasteiger partial charge is 0.329 e. The normalized spacial score (nSPS) is 25.5. The highest BCUT2D eigenvalue weighted by Gasteiger charge is 2.61. The van der Waals surface area contributed by atoms with Crippen LogP contribution in [0.4, 0.5) is 4.79 Å². The molecule has 1 aliphatic heterocycles. The van der Waals surface area contributed by atoms with Crippen molar-refractivity contribution in [3.63, 3.8) is 0 Å². The number of rotatable bonds is 14. The average Bonchev–Trinajstić information content (AvgIpc) is 3.36. The lowest BCUT2D eigenvalue weighted by Gasteiger charge is -2.39. The number of carboxylic acid groups (broad SMARTS) is 1. The van der Waals surface area contributed by atoms with Gasteiger partial charge in [0.15, 0.2) is 9.84 Å². The van der Waals surface area contributed by atoms with E-state index in [4.69, 9.17) is 0 Å². The van der Waals surface area contributed by atoms with Crippen molar-refractivity contribution in [1.29, 1.82) is 0 Å². The Bertz CT molecular complexity index is 1100. The van der Waals surface area contributed by atoms with Gasteiger partial charge in [-0.05, 0) is 65.2 Å². The molecule has 2 aliphatic carbocycles. The summed E-state index contributed by atoms with van der Waals surface area (Å²) < 4.78 is 25.0. The van der Waals surface area contributed by atoms with Crippen LogP contribution in [-0.2, 0) is 24.2 Å². The van der Waals surface area contributed by atoms with E-state index in [2.05, 4.69) is 22.9 Å². The molecule has 0 bridgehead atoms. The van der Waals surface area contributed by atoms with E-state index < -0.39 is 55.5 Å². The van der Waals surface area contributed by atoms with Gasteiger partial charge in [0.1, 0.15) is 11.6 Å². The number of carbonyl (C=O) groups is 4. The molecule has 2 saturated carbocycles. The largest absolute Gasteiger partial charge is 0.479 e. The number of hydrogen-bond donors (Lipinski definition) is 4. The minimum atomic E-state index is -3.50. The molecule has 11 nitrogen and oxygen atoms in total. The summed E-state index contributed by atoms with van der Waals surface area (Å²) in [4.78, 5) is 52.7.